The lowest BCUT2D eigenvalue weighted by atomic mass is 10.3. The molecule has 4 heteroatoms. The average molecular weight is 175 g/mol. The molecule has 0 aromatic carbocycles. The molecular formula is C8H15O4-. The summed E-state index contributed by atoms with van der Waals surface area (Å²) in [5.74, 6) is -1.02. The quantitative estimate of drug-likeness (QED) is 0.470. The fraction of sp³-hybridized carbons (Fsp3) is 0.875. The third-order valence-corrected chi connectivity index (χ3v) is 1.25. The van der Waals surface area contributed by atoms with Gasteiger partial charge in [-0.3, -0.25) is 0 Å². The Balaban J connectivity index is 2.86. The lowest BCUT2D eigenvalue weighted by Crippen LogP contribution is -2.22. The smallest absolute Gasteiger partial charge is 0.0700 e. The van der Waals surface area contributed by atoms with Crippen molar-refractivity contribution in [2.45, 2.75) is 19.8 Å². The van der Waals surface area contributed by atoms with Crippen molar-refractivity contribution < 1.29 is 19.4 Å². The second-order valence-electron chi connectivity index (χ2n) is 2.28. The first-order chi connectivity index (χ1) is 5.77. The van der Waals surface area contributed by atoms with Crippen molar-refractivity contribution in [1.29, 1.82) is 0 Å². The summed E-state index contributed by atoms with van der Waals surface area (Å²) in [5.41, 5.74) is 0. The van der Waals surface area contributed by atoms with Crippen LogP contribution in [0.15, 0.2) is 0 Å². The molecule has 0 aliphatic heterocycles. The summed E-state index contributed by atoms with van der Waals surface area (Å²) in [7, 11) is 0. The summed E-state index contributed by atoms with van der Waals surface area (Å²) in [4.78, 5) is 9.94. The second kappa shape index (κ2) is 8.49. The van der Waals surface area contributed by atoms with Crippen LogP contribution >= 0.6 is 0 Å². The van der Waals surface area contributed by atoms with Crippen LogP contribution in [0.5, 0.6) is 0 Å². The minimum absolute atomic E-state index is 0.0641. The molecule has 0 radical (unpaired) electrons. The number of carbonyl (C=O) groups is 1. The zero-order chi connectivity index (χ0) is 9.23. The topological polar surface area (TPSA) is 58.6 Å². The lowest BCUT2D eigenvalue weighted by molar-refractivity contribution is -0.305. The van der Waals surface area contributed by atoms with Crippen LogP contribution in [0.2, 0.25) is 0 Å². The van der Waals surface area contributed by atoms with E-state index < -0.39 is 5.97 Å². The summed E-state index contributed by atoms with van der Waals surface area (Å²) in [6.45, 7) is 4.16. The number of hydrogen-bond donors (Lipinski definition) is 0. The molecule has 0 aromatic rings. The third kappa shape index (κ3) is 9.39. The third-order valence-electron chi connectivity index (χ3n) is 1.25. The van der Waals surface area contributed by atoms with E-state index in [1.165, 1.54) is 0 Å². The number of carboxylic acid groups (broad SMARTS) is 1. The molecule has 0 aliphatic rings. The monoisotopic (exact) mass is 175 g/mol. The fourth-order valence-electron chi connectivity index (χ4n) is 0.683. The van der Waals surface area contributed by atoms with E-state index in [1.807, 2.05) is 6.92 Å². The van der Waals surface area contributed by atoms with Gasteiger partial charge >= 0.3 is 0 Å². The molecule has 0 atom stereocenters. The Hall–Kier alpha value is -0.610. The van der Waals surface area contributed by atoms with Crippen molar-refractivity contribution in [2.75, 3.05) is 26.4 Å². The minimum Gasteiger partial charge on any atom is -0.550 e. The van der Waals surface area contributed by atoms with Crippen LogP contribution in [0.25, 0.3) is 0 Å². The molecule has 0 saturated carbocycles. The number of ether oxygens (including phenoxy) is 2. The van der Waals surface area contributed by atoms with E-state index in [1.54, 1.807) is 0 Å². The number of hydrogen-bond acceptors (Lipinski definition) is 4. The molecule has 0 amide bonds. The highest BCUT2D eigenvalue weighted by atomic mass is 16.5. The standard InChI is InChI=1S/C8H16O4/c1-2-11-6-7-12-5-3-4-8(9)10/h2-7H2,1H3,(H,9,10)/p-1. The van der Waals surface area contributed by atoms with Crippen LogP contribution in [0.3, 0.4) is 0 Å². The summed E-state index contributed by atoms with van der Waals surface area (Å²) in [6.07, 6.45) is 0.573. The summed E-state index contributed by atoms with van der Waals surface area (Å²) < 4.78 is 10.1. The normalized spacial score (nSPS) is 10.1. The Labute approximate surface area is 72.5 Å². The van der Waals surface area contributed by atoms with Crippen molar-refractivity contribution in [2.24, 2.45) is 0 Å². The zero-order valence-corrected chi connectivity index (χ0v) is 7.38. The first-order valence-electron chi connectivity index (χ1n) is 4.12. The van der Waals surface area contributed by atoms with Gasteiger partial charge in [0.25, 0.3) is 0 Å². The molecule has 12 heavy (non-hydrogen) atoms. The van der Waals surface area contributed by atoms with Gasteiger partial charge in [-0.25, -0.2) is 0 Å². The predicted molar refractivity (Wildman–Crippen MR) is 41.6 cm³/mol. The molecule has 0 bridgehead atoms. The molecule has 0 heterocycles. The van der Waals surface area contributed by atoms with Crippen LogP contribution in [-0.4, -0.2) is 32.4 Å². The van der Waals surface area contributed by atoms with Gasteiger partial charge in [-0.05, 0) is 19.8 Å². The van der Waals surface area contributed by atoms with Gasteiger partial charge in [0.2, 0.25) is 0 Å². The van der Waals surface area contributed by atoms with Crippen molar-refractivity contribution in [3.63, 3.8) is 0 Å². The Kier molecular flexibility index (Phi) is 8.05. The summed E-state index contributed by atoms with van der Waals surface area (Å²) in [6, 6.07) is 0. The first kappa shape index (κ1) is 11.4. The zero-order valence-electron chi connectivity index (χ0n) is 7.38. The van der Waals surface area contributed by atoms with E-state index >= 15 is 0 Å². The molecule has 0 aliphatic carbocycles. The van der Waals surface area contributed by atoms with Gasteiger partial charge in [-0.2, -0.15) is 0 Å². The van der Waals surface area contributed by atoms with Crippen LogP contribution in [0.4, 0.5) is 0 Å². The SMILES string of the molecule is CCOCCOCCCC(=O)[O-]. The second-order valence-corrected chi connectivity index (χ2v) is 2.28. The van der Waals surface area contributed by atoms with Crippen molar-refractivity contribution in [3.05, 3.63) is 0 Å². The minimum atomic E-state index is -1.02. The fourth-order valence-corrected chi connectivity index (χ4v) is 0.683. The van der Waals surface area contributed by atoms with Gasteiger partial charge < -0.3 is 19.4 Å². The lowest BCUT2D eigenvalue weighted by Gasteiger charge is -2.04. The van der Waals surface area contributed by atoms with Gasteiger partial charge in [0.15, 0.2) is 0 Å². The van der Waals surface area contributed by atoms with Gasteiger partial charge in [-0.1, -0.05) is 0 Å². The molecule has 72 valence electrons. The Morgan fingerprint density at radius 3 is 2.50 bits per heavy atom. The van der Waals surface area contributed by atoms with Crippen molar-refractivity contribution in [3.8, 4) is 0 Å². The highest BCUT2D eigenvalue weighted by Crippen LogP contribution is 1.88. The average Bonchev–Trinajstić information content (AvgIpc) is 2.02. The Morgan fingerprint density at radius 2 is 1.92 bits per heavy atom. The predicted octanol–water partition coefficient (Wildman–Crippen LogP) is -0.430. The Bertz CT molecular complexity index is 114. The first-order valence-corrected chi connectivity index (χ1v) is 4.12. The number of rotatable bonds is 8. The number of aliphatic carboxylic acids is 1. The van der Waals surface area contributed by atoms with Crippen LogP contribution in [0.1, 0.15) is 19.8 Å². The molecule has 0 fully saturated rings. The number of carbonyl (C=O) groups excluding carboxylic acids is 1. The maximum atomic E-state index is 9.94. The molecule has 0 N–H and O–H groups in total. The van der Waals surface area contributed by atoms with Gasteiger partial charge in [-0.15, -0.1) is 0 Å². The van der Waals surface area contributed by atoms with Crippen molar-refractivity contribution >= 4 is 5.97 Å². The molecular weight excluding hydrogens is 160 g/mol. The molecule has 0 aromatic heterocycles. The van der Waals surface area contributed by atoms with Crippen LogP contribution in [0, 0.1) is 0 Å². The summed E-state index contributed by atoms with van der Waals surface area (Å²) in [5, 5.41) is 9.94. The van der Waals surface area contributed by atoms with E-state index in [-0.39, 0.29) is 6.42 Å². The van der Waals surface area contributed by atoms with E-state index in [0.717, 1.165) is 0 Å². The maximum absolute atomic E-state index is 9.94. The van der Waals surface area contributed by atoms with E-state index in [4.69, 9.17) is 9.47 Å². The molecule has 0 rings (SSSR count). The summed E-state index contributed by atoms with van der Waals surface area (Å²) >= 11 is 0. The van der Waals surface area contributed by atoms with Gasteiger partial charge in [0.1, 0.15) is 0 Å². The maximum Gasteiger partial charge on any atom is 0.0700 e. The largest absolute Gasteiger partial charge is 0.550 e. The van der Waals surface area contributed by atoms with Crippen molar-refractivity contribution in [1.82, 2.24) is 0 Å². The van der Waals surface area contributed by atoms with Gasteiger partial charge in [0, 0.05) is 19.2 Å². The van der Waals surface area contributed by atoms with Gasteiger partial charge in [0.05, 0.1) is 13.2 Å². The highest BCUT2D eigenvalue weighted by molar-refractivity contribution is 5.64. The Morgan fingerprint density at radius 1 is 1.25 bits per heavy atom. The van der Waals surface area contributed by atoms with E-state index in [0.29, 0.717) is 32.8 Å². The van der Waals surface area contributed by atoms with Crippen LogP contribution in [-0.2, 0) is 14.3 Å². The molecule has 0 unspecified atom stereocenters. The molecule has 0 spiro atoms. The number of carboxylic acids is 1. The molecule has 4 nitrogen and oxygen atoms in total. The highest BCUT2D eigenvalue weighted by Gasteiger charge is 1.89. The van der Waals surface area contributed by atoms with E-state index in [9.17, 15) is 9.90 Å². The van der Waals surface area contributed by atoms with E-state index in [2.05, 4.69) is 0 Å². The van der Waals surface area contributed by atoms with Crippen LogP contribution < -0.4 is 5.11 Å². The molecule has 0 saturated heterocycles.